The van der Waals surface area contributed by atoms with Gasteiger partial charge in [0, 0.05) is 0 Å². The molecule has 0 aromatic heterocycles. The maximum atomic E-state index is 13.3. The number of aryl methyl sites for hydroxylation is 2. The first-order valence-electron chi connectivity index (χ1n) is 7.73. The molecule has 0 saturated heterocycles. The third-order valence-electron chi connectivity index (χ3n) is 4.49. The summed E-state index contributed by atoms with van der Waals surface area (Å²) in [6.07, 6.45) is 7.18. The van der Waals surface area contributed by atoms with Crippen LogP contribution >= 0.6 is 0 Å². The minimum Gasteiger partial charge on any atom is -0.207 e. The van der Waals surface area contributed by atoms with Gasteiger partial charge in [0.15, 0.2) is 0 Å². The molecule has 0 bridgehead atoms. The highest BCUT2D eigenvalue weighted by Crippen LogP contribution is 2.33. The van der Waals surface area contributed by atoms with Crippen LogP contribution in [0.1, 0.15) is 41.0 Å². The molecule has 21 heavy (non-hydrogen) atoms. The van der Waals surface area contributed by atoms with Gasteiger partial charge >= 0.3 is 0 Å². The van der Waals surface area contributed by atoms with Gasteiger partial charge in [0.2, 0.25) is 0 Å². The summed E-state index contributed by atoms with van der Waals surface area (Å²) in [5, 5.41) is 0. The molecule has 0 N–H and O–H groups in total. The van der Waals surface area contributed by atoms with E-state index in [9.17, 15) is 4.39 Å². The summed E-state index contributed by atoms with van der Waals surface area (Å²) in [5.41, 5.74) is 5.28. The fraction of sp³-hybridized carbons (Fsp3) is 0.300. The van der Waals surface area contributed by atoms with Crippen LogP contribution in [0.2, 0.25) is 0 Å². The van der Waals surface area contributed by atoms with Crippen molar-refractivity contribution in [2.75, 3.05) is 0 Å². The highest BCUT2D eigenvalue weighted by Gasteiger charge is 2.20. The molecule has 108 valence electrons. The Hall–Kier alpha value is -1.89. The lowest BCUT2D eigenvalue weighted by Crippen LogP contribution is -2.13. The second-order valence-electron chi connectivity index (χ2n) is 5.92. The third-order valence-corrected chi connectivity index (χ3v) is 4.49. The Morgan fingerprint density at radius 1 is 1.10 bits per heavy atom. The first-order valence-corrected chi connectivity index (χ1v) is 7.73. The number of rotatable bonds is 4. The molecule has 2 aromatic carbocycles. The summed E-state index contributed by atoms with van der Waals surface area (Å²) >= 11 is 0. The number of allylic oxidation sites excluding steroid dienone is 1. The second-order valence-corrected chi connectivity index (χ2v) is 5.92. The largest absolute Gasteiger partial charge is 0.207 e. The van der Waals surface area contributed by atoms with Crippen LogP contribution in [0.25, 0.3) is 0 Å². The first kappa shape index (κ1) is 14.1. The van der Waals surface area contributed by atoms with Gasteiger partial charge < -0.3 is 0 Å². The van der Waals surface area contributed by atoms with Gasteiger partial charge in [-0.2, -0.15) is 0 Å². The van der Waals surface area contributed by atoms with E-state index in [1.807, 2.05) is 12.1 Å². The molecule has 1 heteroatoms. The molecule has 0 amide bonds. The van der Waals surface area contributed by atoms with E-state index in [-0.39, 0.29) is 5.82 Å². The highest BCUT2D eigenvalue weighted by atomic mass is 19.1. The molecular formula is C20H21F. The first-order chi connectivity index (χ1) is 10.3. The van der Waals surface area contributed by atoms with Crippen molar-refractivity contribution in [1.82, 2.24) is 0 Å². The van der Waals surface area contributed by atoms with Gasteiger partial charge in [0.25, 0.3) is 0 Å². The summed E-state index contributed by atoms with van der Waals surface area (Å²) in [6, 6.07) is 14.2. The zero-order valence-electron chi connectivity index (χ0n) is 12.3. The average molecular weight is 280 g/mol. The minimum atomic E-state index is -0.112. The third kappa shape index (κ3) is 3.24. The van der Waals surface area contributed by atoms with Gasteiger partial charge in [-0.15, -0.1) is 6.58 Å². The van der Waals surface area contributed by atoms with Crippen LogP contribution in [0.3, 0.4) is 0 Å². The van der Waals surface area contributed by atoms with Crippen LogP contribution in [-0.4, -0.2) is 0 Å². The van der Waals surface area contributed by atoms with E-state index in [1.54, 1.807) is 12.1 Å². The standard InChI is InChI=1S/C20H21F/c1-2-3-4-15-5-7-16(8-6-15)17-9-10-19-14-20(21)12-11-18(19)13-17/h2,5-8,11-12,14,17H,1,3-4,9-10,13H2. The summed E-state index contributed by atoms with van der Waals surface area (Å²) in [4.78, 5) is 0. The predicted molar refractivity (Wildman–Crippen MR) is 86.1 cm³/mol. The molecule has 1 aliphatic rings. The molecular weight excluding hydrogens is 259 g/mol. The molecule has 1 aliphatic carbocycles. The molecule has 1 unspecified atom stereocenters. The Morgan fingerprint density at radius 2 is 1.90 bits per heavy atom. The molecule has 0 aliphatic heterocycles. The Labute approximate surface area is 126 Å². The van der Waals surface area contributed by atoms with Crippen LogP contribution in [0.15, 0.2) is 55.1 Å². The molecule has 0 nitrogen and oxygen atoms in total. The predicted octanol–water partition coefficient (Wildman–Crippen LogP) is 5.22. The normalized spacial score (nSPS) is 17.3. The Morgan fingerprint density at radius 3 is 2.67 bits per heavy atom. The van der Waals surface area contributed by atoms with E-state index in [0.29, 0.717) is 5.92 Å². The molecule has 1 atom stereocenters. The summed E-state index contributed by atoms with van der Waals surface area (Å²) in [5.74, 6) is 0.454. The summed E-state index contributed by atoms with van der Waals surface area (Å²) in [6.45, 7) is 3.77. The van der Waals surface area contributed by atoms with Gasteiger partial charge in [-0.1, -0.05) is 36.4 Å². The van der Waals surface area contributed by atoms with Crippen LogP contribution < -0.4 is 0 Å². The molecule has 0 heterocycles. The molecule has 2 aromatic rings. The smallest absolute Gasteiger partial charge is 0.123 e. The quantitative estimate of drug-likeness (QED) is 0.674. The van der Waals surface area contributed by atoms with Gasteiger partial charge in [-0.3, -0.25) is 0 Å². The molecule has 0 fully saturated rings. The van der Waals surface area contributed by atoms with Crippen molar-refractivity contribution >= 4 is 0 Å². The maximum absolute atomic E-state index is 13.3. The van der Waals surface area contributed by atoms with Gasteiger partial charge in [0.05, 0.1) is 0 Å². The van der Waals surface area contributed by atoms with Crippen LogP contribution in [0.4, 0.5) is 4.39 Å². The lowest BCUT2D eigenvalue weighted by molar-refractivity contribution is 0.572. The SMILES string of the molecule is C=CCCc1ccc(C2CCc3cc(F)ccc3C2)cc1. The highest BCUT2D eigenvalue weighted by molar-refractivity contribution is 5.35. The van der Waals surface area contributed by atoms with Crippen molar-refractivity contribution < 1.29 is 4.39 Å². The minimum absolute atomic E-state index is 0.112. The number of benzene rings is 2. The van der Waals surface area contributed by atoms with Crippen LogP contribution in [-0.2, 0) is 19.3 Å². The number of hydrogen-bond acceptors (Lipinski definition) is 0. The van der Waals surface area contributed by atoms with Crippen LogP contribution in [0.5, 0.6) is 0 Å². The van der Waals surface area contributed by atoms with E-state index in [4.69, 9.17) is 0 Å². The molecule has 3 rings (SSSR count). The number of halogens is 1. The Kier molecular flexibility index (Phi) is 4.19. The molecule has 0 saturated carbocycles. The Bertz CT molecular complexity index is 625. The van der Waals surface area contributed by atoms with E-state index in [2.05, 4.69) is 30.8 Å². The lowest BCUT2D eigenvalue weighted by atomic mass is 9.80. The summed E-state index contributed by atoms with van der Waals surface area (Å²) < 4.78 is 13.3. The number of fused-ring (bicyclic) bond motifs is 1. The van der Waals surface area contributed by atoms with Gasteiger partial charge in [-0.05, 0) is 72.4 Å². The van der Waals surface area contributed by atoms with Gasteiger partial charge in [-0.25, -0.2) is 4.39 Å². The monoisotopic (exact) mass is 280 g/mol. The fourth-order valence-electron chi connectivity index (χ4n) is 3.23. The van der Waals surface area contributed by atoms with Gasteiger partial charge in [0.1, 0.15) is 5.82 Å². The summed E-state index contributed by atoms with van der Waals surface area (Å²) in [7, 11) is 0. The molecule has 0 spiro atoms. The van der Waals surface area contributed by atoms with E-state index in [0.717, 1.165) is 32.1 Å². The van der Waals surface area contributed by atoms with Crippen molar-refractivity contribution in [3.8, 4) is 0 Å². The van der Waals surface area contributed by atoms with Crippen LogP contribution in [0, 0.1) is 5.82 Å². The zero-order valence-corrected chi connectivity index (χ0v) is 12.3. The second kappa shape index (κ2) is 6.26. The zero-order chi connectivity index (χ0) is 14.7. The fourth-order valence-corrected chi connectivity index (χ4v) is 3.23. The van der Waals surface area contributed by atoms with E-state index in [1.165, 1.54) is 22.3 Å². The van der Waals surface area contributed by atoms with Crippen molar-refractivity contribution in [3.63, 3.8) is 0 Å². The van der Waals surface area contributed by atoms with Crippen molar-refractivity contribution in [1.29, 1.82) is 0 Å². The topological polar surface area (TPSA) is 0 Å². The lowest BCUT2D eigenvalue weighted by Gasteiger charge is -2.25. The van der Waals surface area contributed by atoms with Crippen molar-refractivity contribution in [2.24, 2.45) is 0 Å². The van der Waals surface area contributed by atoms with E-state index < -0.39 is 0 Å². The van der Waals surface area contributed by atoms with E-state index >= 15 is 0 Å². The Balaban J connectivity index is 1.73. The average Bonchev–Trinajstić information content (AvgIpc) is 2.53. The van der Waals surface area contributed by atoms with Crippen molar-refractivity contribution in [3.05, 3.63) is 83.2 Å². The maximum Gasteiger partial charge on any atom is 0.123 e. The number of hydrogen-bond donors (Lipinski definition) is 0. The van der Waals surface area contributed by atoms with Crippen molar-refractivity contribution in [2.45, 2.75) is 38.0 Å². The molecule has 0 radical (unpaired) electrons.